The molecule has 7 heteroatoms. The van der Waals surface area contributed by atoms with E-state index in [4.69, 9.17) is 27.9 Å². The molecule has 3 aromatic carbocycles. The topological polar surface area (TPSA) is 56.2 Å². The number of aromatic nitrogens is 2. The minimum Gasteiger partial charge on any atom is -0.489 e. The van der Waals surface area contributed by atoms with Crippen LogP contribution < -0.4 is 10.1 Å². The zero-order valence-electron chi connectivity index (χ0n) is 16.5. The van der Waals surface area contributed by atoms with Crippen molar-refractivity contribution in [2.45, 2.75) is 13.2 Å². The smallest absolute Gasteiger partial charge is 0.256 e. The predicted molar refractivity (Wildman–Crippen MR) is 123 cm³/mol. The Hall–Kier alpha value is -3.28. The third-order valence-corrected chi connectivity index (χ3v) is 5.04. The fraction of sp³-hybridized carbons (Fsp3) is 0.0833. The summed E-state index contributed by atoms with van der Waals surface area (Å²) >= 11 is 11.9. The third-order valence-electron chi connectivity index (χ3n) is 4.56. The van der Waals surface area contributed by atoms with Gasteiger partial charge in [-0.3, -0.25) is 9.48 Å². The highest BCUT2D eigenvalue weighted by Gasteiger charge is 2.09. The molecule has 0 atom stereocenters. The number of rotatable bonds is 7. The van der Waals surface area contributed by atoms with E-state index in [1.807, 2.05) is 54.7 Å². The average molecular weight is 452 g/mol. The zero-order valence-corrected chi connectivity index (χ0v) is 18.0. The number of ether oxygens (including phenoxy) is 1. The standard InChI is InChI=1S/C24H19Cl2N3O2/c25-20-10-6-17(7-11-20)15-29-13-12-23(28-29)27-24(30)19-8-4-18(5-9-19)16-31-22-3-1-2-21(26)14-22/h1-14H,15-16H2,(H,27,28,30). The minimum absolute atomic E-state index is 0.223. The van der Waals surface area contributed by atoms with E-state index in [-0.39, 0.29) is 5.91 Å². The summed E-state index contributed by atoms with van der Waals surface area (Å²) in [5, 5.41) is 8.54. The first-order valence-electron chi connectivity index (χ1n) is 9.62. The lowest BCUT2D eigenvalue weighted by molar-refractivity contribution is 0.102. The van der Waals surface area contributed by atoms with Crippen LogP contribution in [0, 0.1) is 0 Å². The molecule has 0 aliphatic rings. The van der Waals surface area contributed by atoms with Crippen molar-refractivity contribution in [1.82, 2.24) is 9.78 Å². The van der Waals surface area contributed by atoms with Crippen molar-refractivity contribution in [3.8, 4) is 5.75 Å². The number of carbonyl (C=O) groups excluding carboxylic acids is 1. The van der Waals surface area contributed by atoms with Crippen molar-refractivity contribution in [3.63, 3.8) is 0 Å². The van der Waals surface area contributed by atoms with Crippen LogP contribution in [0.25, 0.3) is 0 Å². The van der Waals surface area contributed by atoms with E-state index in [0.29, 0.717) is 40.3 Å². The maximum atomic E-state index is 12.5. The highest BCUT2D eigenvalue weighted by Crippen LogP contribution is 2.19. The monoisotopic (exact) mass is 451 g/mol. The van der Waals surface area contributed by atoms with Gasteiger partial charge in [-0.1, -0.05) is 53.5 Å². The molecule has 4 aromatic rings. The molecule has 0 spiro atoms. The highest BCUT2D eigenvalue weighted by molar-refractivity contribution is 6.30. The Bertz CT molecular complexity index is 1170. The minimum atomic E-state index is -0.223. The van der Waals surface area contributed by atoms with E-state index >= 15 is 0 Å². The van der Waals surface area contributed by atoms with Gasteiger partial charge in [0.25, 0.3) is 5.91 Å². The quantitative estimate of drug-likeness (QED) is 0.370. The largest absolute Gasteiger partial charge is 0.489 e. The van der Waals surface area contributed by atoms with E-state index in [2.05, 4.69) is 10.4 Å². The summed E-state index contributed by atoms with van der Waals surface area (Å²) in [6.07, 6.45) is 1.82. The summed E-state index contributed by atoms with van der Waals surface area (Å²) in [5.74, 6) is 0.967. The highest BCUT2D eigenvalue weighted by atomic mass is 35.5. The second-order valence-electron chi connectivity index (χ2n) is 6.92. The second kappa shape index (κ2) is 9.69. The van der Waals surface area contributed by atoms with Crippen LogP contribution >= 0.6 is 23.2 Å². The Morgan fingerprint density at radius 3 is 2.39 bits per heavy atom. The number of carbonyl (C=O) groups is 1. The van der Waals surface area contributed by atoms with Gasteiger partial charge < -0.3 is 10.1 Å². The first-order valence-corrected chi connectivity index (χ1v) is 10.4. The van der Waals surface area contributed by atoms with E-state index in [0.717, 1.165) is 11.1 Å². The van der Waals surface area contributed by atoms with E-state index < -0.39 is 0 Å². The van der Waals surface area contributed by atoms with Crippen LogP contribution in [0.1, 0.15) is 21.5 Å². The maximum Gasteiger partial charge on any atom is 0.256 e. The fourth-order valence-electron chi connectivity index (χ4n) is 2.96. The lowest BCUT2D eigenvalue weighted by atomic mass is 10.1. The molecule has 1 amide bonds. The summed E-state index contributed by atoms with van der Waals surface area (Å²) in [5.41, 5.74) is 2.56. The summed E-state index contributed by atoms with van der Waals surface area (Å²) < 4.78 is 7.48. The van der Waals surface area contributed by atoms with Gasteiger partial charge >= 0.3 is 0 Å². The van der Waals surface area contributed by atoms with Crippen LogP contribution in [-0.4, -0.2) is 15.7 Å². The second-order valence-corrected chi connectivity index (χ2v) is 7.79. The number of hydrogen-bond donors (Lipinski definition) is 1. The first kappa shape index (κ1) is 21.0. The normalized spacial score (nSPS) is 10.6. The van der Waals surface area contributed by atoms with Crippen LogP contribution in [0.4, 0.5) is 5.82 Å². The summed E-state index contributed by atoms with van der Waals surface area (Å²) in [7, 11) is 0. The zero-order chi connectivity index (χ0) is 21.6. The first-order chi connectivity index (χ1) is 15.0. The van der Waals surface area contributed by atoms with Gasteiger partial charge in [-0.25, -0.2) is 0 Å². The Morgan fingerprint density at radius 1 is 0.903 bits per heavy atom. The fourth-order valence-corrected chi connectivity index (χ4v) is 3.26. The summed E-state index contributed by atoms with van der Waals surface area (Å²) in [6.45, 7) is 0.978. The molecule has 1 heterocycles. The molecule has 1 aromatic heterocycles. The number of benzene rings is 3. The number of nitrogens with zero attached hydrogens (tertiary/aromatic N) is 2. The maximum absolute atomic E-state index is 12.5. The van der Waals surface area contributed by atoms with Crippen molar-refractivity contribution in [3.05, 3.63) is 112 Å². The van der Waals surface area contributed by atoms with E-state index in [9.17, 15) is 4.79 Å². The van der Waals surface area contributed by atoms with Crippen LogP contribution in [0.5, 0.6) is 5.75 Å². The molecule has 31 heavy (non-hydrogen) atoms. The molecule has 0 bridgehead atoms. The van der Waals surface area contributed by atoms with E-state index in [1.54, 1.807) is 35.0 Å². The predicted octanol–water partition coefficient (Wildman–Crippen LogP) is 6.07. The number of halogens is 2. The summed E-state index contributed by atoms with van der Waals surface area (Å²) in [6, 6.07) is 23.8. The number of anilines is 1. The van der Waals surface area contributed by atoms with Gasteiger partial charge in [-0.2, -0.15) is 5.10 Å². The van der Waals surface area contributed by atoms with Gasteiger partial charge in [0, 0.05) is 27.9 Å². The van der Waals surface area contributed by atoms with Crippen LogP contribution in [0.2, 0.25) is 10.0 Å². The van der Waals surface area contributed by atoms with Gasteiger partial charge in [-0.15, -0.1) is 0 Å². The van der Waals surface area contributed by atoms with Gasteiger partial charge in [0.1, 0.15) is 12.4 Å². The number of nitrogens with one attached hydrogen (secondary N) is 1. The Balaban J connectivity index is 1.32. The SMILES string of the molecule is O=C(Nc1ccn(Cc2ccc(Cl)cc2)n1)c1ccc(COc2cccc(Cl)c2)cc1. The summed E-state index contributed by atoms with van der Waals surface area (Å²) in [4.78, 5) is 12.5. The van der Waals surface area contributed by atoms with Gasteiger partial charge in [-0.05, 0) is 53.6 Å². The Labute approximate surface area is 190 Å². The van der Waals surface area contributed by atoms with Gasteiger partial charge in [0.15, 0.2) is 5.82 Å². The van der Waals surface area contributed by atoms with Crippen molar-refractivity contribution in [2.24, 2.45) is 0 Å². The third kappa shape index (κ3) is 5.87. The number of amides is 1. The molecule has 156 valence electrons. The average Bonchev–Trinajstić information content (AvgIpc) is 3.21. The molecule has 4 rings (SSSR count). The molecule has 0 aliphatic heterocycles. The van der Waals surface area contributed by atoms with Crippen LogP contribution in [0.3, 0.4) is 0 Å². The van der Waals surface area contributed by atoms with E-state index in [1.165, 1.54) is 0 Å². The molecule has 1 N–H and O–H groups in total. The van der Waals surface area contributed by atoms with Gasteiger partial charge in [0.05, 0.1) is 6.54 Å². The van der Waals surface area contributed by atoms with Crippen molar-refractivity contribution in [1.29, 1.82) is 0 Å². The molecular formula is C24H19Cl2N3O2. The van der Waals surface area contributed by atoms with Crippen LogP contribution in [0.15, 0.2) is 85.1 Å². The number of hydrogen-bond acceptors (Lipinski definition) is 3. The molecule has 5 nitrogen and oxygen atoms in total. The lowest BCUT2D eigenvalue weighted by Gasteiger charge is -2.08. The molecule has 0 radical (unpaired) electrons. The molecular weight excluding hydrogens is 433 g/mol. The molecule has 0 saturated carbocycles. The van der Waals surface area contributed by atoms with Crippen molar-refractivity contribution >= 4 is 34.9 Å². The van der Waals surface area contributed by atoms with Gasteiger partial charge in [0.2, 0.25) is 0 Å². The molecule has 0 unspecified atom stereocenters. The molecule has 0 fully saturated rings. The Kier molecular flexibility index (Phi) is 6.55. The molecule has 0 saturated heterocycles. The van der Waals surface area contributed by atoms with Crippen molar-refractivity contribution < 1.29 is 9.53 Å². The lowest BCUT2D eigenvalue weighted by Crippen LogP contribution is -2.13. The molecule has 0 aliphatic carbocycles. The van der Waals surface area contributed by atoms with Crippen molar-refractivity contribution in [2.75, 3.05) is 5.32 Å². The van der Waals surface area contributed by atoms with Crippen LogP contribution in [-0.2, 0) is 13.2 Å². The Morgan fingerprint density at radius 2 is 1.65 bits per heavy atom.